The van der Waals surface area contributed by atoms with E-state index >= 15 is 0 Å². The van der Waals surface area contributed by atoms with Gasteiger partial charge in [-0.25, -0.2) is 0 Å². The van der Waals surface area contributed by atoms with Crippen LogP contribution in [-0.4, -0.2) is 19.1 Å². The van der Waals surface area contributed by atoms with Crippen molar-refractivity contribution in [2.45, 2.75) is 19.3 Å². The van der Waals surface area contributed by atoms with E-state index in [2.05, 4.69) is 5.32 Å². The van der Waals surface area contributed by atoms with Crippen LogP contribution in [-0.2, 0) is 14.3 Å². The summed E-state index contributed by atoms with van der Waals surface area (Å²) in [5.74, 6) is -0.0938. The number of hydrogen-bond acceptors (Lipinski definition) is 3. The summed E-state index contributed by atoms with van der Waals surface area (Å²) < 4.78 is 11.1. The fourth-order valence-electron chi connectivity index (χ4n) is 2.65. The molecule has 0 saturated carbocycles. The number of benzene rings is 2. The largest absolute Gasteiger partial charge is 0.346 e. The summed E-state index contributed by atoms with van der Waals surface area (Å²) in [5.41, 5.74) is 2.89. The average molecular weight is 332 g/mol. The molecule has 1 amide bonds. The molecule has 0 bridgehead atoms. The Morgan fingerprint density at radius 2 is 1.83 bits per heavy atom. The first-order valence-electron chi connectivity index (χ1n) is 7.49. The van der Waals surface area contributed by atoms with E-state index in [1.807, 2.05) is 48.5 Å². The van der Waals surface area contributed by atoms with Gasteiger partial charge in [-0.1, -0.05) is 41.9 Å². The molecular formula is C18H18ClNO3. The summed E-state index contributed by atoms with van der Waals surface area (Å²) in [6.45, 7) is 2.71. The smallest absolute Gasteiger partial charge is 0.217 e. The lowest BCUT2D eigenvalue weighted by Crippen LogP contribution is -2.27. The number of nitrogens with one attached hydrogen (secondary N) is 1. The van der Waals surface area contributed by atoms with Gasteiger partial charge >= 0.3 is 0 Å². The number of rotatable bonds is 4. The summed E-state index contributed by atoms with van der Waals surface area (Å²) in [5, 5.41) is 3.65. The number of ether oxygens (including phenoxy) is 2. The van der Waals surface area contributed by atoms with E-state index in [0.717, 1.165) is 16.7 Å². The molecule has 1 heterocycles. The zero-order chi connectivity index (χ0) is 16.2. The van der Waals surface area contributed by atoms with Crippen molar-refractivity contribution in [3.63, 3.8) is 0 Å². The maximum atomic E-state index is 11.6. The van der Waals surface area contributed by atoms with Crippen LogP contribution in [0.25, 0.3) is 0 Å². The first-order valence-corrected chi connectivity index (χ1v) is 7.87. The molecule has 5 heteroatoms. The van der Waals surface area contributed by atoms with Gasteiger partial charge in [-0.05, 0) is 29.3 Å². The van der Waals surface area contributed by atoms with Crippen molar-refractivity contribution in [3.8, 4) is 0 Å². The SMILES string of the molecule is CC(=O)NC(c1ccc(Cl)cc1)c1cccc(C2OCCO2)c1. The molecule has 1 fully saturated rings. The standard InChI is InChI=1S/C18H18ClNO3/c1-12(21)20-17(13-5-7-16(19)8-6-13)14-3-2-4-15(11-14)18-22-9-10-23-18/h2-8,11,17-18H,9-10H2,1H3,(H,20,21). The lowest BCUT2D eigenvalue weighted by Gasteiger charge is -2.20. The molecule has 1 N–H and O–H groups in total. The molecule has 3 rings (SSSR count). The van der Waals surface area contributed by atoms with E-state index in [4.69, 9.17) is 21.1 Å². The number of carbonyl (C=O) groups excluding carboxylic acids is 1. The topological polar surface area (TPSA) is 47.6 Å². The van der Waals surface area contributed by atoms with Crippen LogP contribution in [0.3, 0.4) is 0 Å². The van der Waals surface area contributed by atoms with Crippen molar-refractivity contribution in [1.29, 1.82) is 0 Å². The zero-order valence-corrected chi connectivity index (χ0v) is 13.5. The molecule has 23 heavy (non-hydrogen) atoms. The summed E-state index contributed by atoms with van der Waals surface area (Å²) in [6, 6.07) is 15.1. The Hall–Kier alpha value is -1.88. The first-order chi connectivity index (χ1) is 11.1. The summed E-state index contributed by atoms with van der Waals surface area (Å²) in [6.07, 6.45) is -0.335. The highest BCUT2D eigenvalue weighted by Crippen LogP contribution is 2.29. The van der Waals surface area contributed by atoms with Gasteiger partial charge in [0, 0.05) is 17.5 Å². The van der Waals surface area contributed by atoms with Crippen molar-refractivity contribution in [1.82, 2.24) is 5.32 Å². The monoisotopic (exact) mass is 331 g/mol. The van der Waals surface area contributed by atoms with Crippen molar-refractivity contribution in [2.24, 2.45) is 0 Å². The second-order valence-corrected chi connectivity index (χ2v) is 5.87. The Balaban J connectivity index is 1.94. The molecule has 1 aliphatic heterocycles. The van der Waals surface area contributed by atoms with Crippen LogP contribution in [0.5, 0.6) is 0 Å². The molecule has 1 aliphatic rings. The van der Waals surface area contributed by atoms with E-state index < -0.39 is 0 Å². The molecule has 1 atom stereocenters. The Kier molecular flexibility index (Phi) is 4.96. The molecule has 0 aliphatic carbocycles. The van der Waals surface area contributed by atoms with Gasteiger partial charge < -0.3 is 14.8 Å². The van der Waals surface area contributed by atoms with Gasteiger partial charge in [-0.15, -0.1) is 0 Å². The minimum atomic E-state index is -0.335. The third-order valence-corrected chi connectivity index (χ3v) is 3.94. The van der Waals surface area contributed by atoms with Crippen molar-refractivity contribution in [3.05, 3.63) is 70.2 Å². The fraction of sp³-hybridized carbons (Fsp3) is 0.278. The Labute approximate surface area is 140 Å². The van der Waals surface area contributed by atoms with Gasteiger partial charge in [-0.3, -0.25) is 4.79 Å². The molecule has 2 aromatic rings. The number of halogens is 1. The van der Waals surface area contributed by atoms with E-state index in [1.165, 1.54) is 6.92 Å². The molecule has 0 radical (unpaired) electrons. The maximum Gasteiger partial charge on any atom is 0.217 e. The van der Waals surface area contributed by atoms with E-state index in [9.17, 15) is 4.79 Å². The van der Waals surface area contributed by atoms with Crippen molar-refractivity contribution >= 4 is 17.5 Å². The van der Waals surface area contributed by atoms with Gasteiger partial charge in [0.15, 0.2) is 6.29 Å². The molecule has 2 aromatic carbocycles. The molecule has 1 saturated heterocycles. The van der Waals surface area contributed by atoms with Crippen LogP contribution < -0.4 is 5.32 Å². The minimum absolute atomic E-state index is 0.0938. The van der Waals surface area contributed by atoms with Gasteiger partial charge in [-0.2, -0.15) is 0 Å². The highest BCUT2D eigenvalue weighted by molar-refractivity contribution is 6.30. The Morgan fingerprint density at radius 3 is 2.48 bits per heavy atom. The maximum absolute atomic E-state index is 11.6. The van der Waals surface area contributed by atoms with Crippen LogP contribution in [0, 0.1) is 0 Å². The van der Waals surface area contributed by atoms with Crippen LogP contribution >= 0.6 is 11.6 Å². The van der Waals surface area contributed by atoms with E-state index in [0.29, 0.717) is 18.2 Å². The van der Waals surface area contributed by atoms with E-state index in [1.54, 1.807) is 0 Å². The number of amides is 1. The Morgan fingerprint density at radius 1 is 1.13 bits per heavy atom. The van der Waals surface area contributed by atoms with Crippen LogP contribution in [0.15, 0.2) is 48.5 Å². The van der Waals surface area contributed by atoms with Crippen LogP contribution in [0.1, 0.15) is 35.9 Å². The molecular weight excluding hydrogens is 314 g/mol. The molecule has 4 nitrogen and oxygen atoms in total. The third-order valence-electron chi connectivity index (χ3n) is 3.69. The van der Waals surface area contributed by atoms with Crippen LogP contribution in [0.2, 0.25) is 5.02 Å². The van der Waals surface area contributed by atoms with Crippen LogP contribution in [0.4, 0.5) is 0 Å². The third kappa shape index (κ3) is 3.91. The zero-order valence-electron chi connectivity index (χ0n) is 12.8. The predicted molar refractivity (Wildman–Crippen MR) is 88.2 cm³/mol. The van der Waals surface area contributed by atoms with E-state index in [-0.39, 0.29) is 18.2 Å². The quantitative estimate of drug-likeness (QED) is 0.931. The second kappa shape index (κ2) is 7.13. The predicted octanol–water partition coefficient (Wildman–Crippen LogP) is 3.61. The van der Waals surface area contributed by atoms with Gasteiger partial charge in [0.2, 0.25) is 5.91 Å². The molecule has 120 valence electrons. The fourth-order valence-corrected chi connectivity index (χ4v) is 2.78. The summed E-state index contributed by atoms with van der Waals surface area (Å²) in [4.78, 5) is 11.6. The first kappa shape index (κ1) is 16.0. The summed E-state index contributed by atoms with van der Waals surface area (Å²) in [7, 11) is 0. The number of carbonyl (C=O) groups is 1. The highest BCUT2D eigenvalue weighted by Gasteiger charge is 2.21. The lowest BCUT2D eigenvalue weighted by molar-refractivity contribution is -0.119. The normalized spacial score (nSPS) is 16.3. The molecule has 0 spiro atoms. The average Bonchev–Trinajstić information content (AvgIpc) is 3.08. The van der Waals surface area contributed by atoms with Gasteiger partial charge in [0.05, 0.1) is 19.3 Å². The highest BCUT2D eigenvalue weighted by atomic mass is 35.5. The van der Waals surface area contributed by atoms with Gasteiger partial charge in [0.25, 0.3) is 0 Å². The Bertz CT molecular complexity index is 681. The molecule has 1 unspecified atom stereocenters. The van der Waals surface area contributed by atoms with Crippen molar-refractivity contribution < 1.29 is 14.3 Å². The van der Waals surface area contributed by atoms with Gasteiger partial charge in [0.1, 0.15) is 0 Å². The minimum Gasteiger partial charge on any atom is -0.346 e. The second-order valence-electron chi connectivity index (χ2n) is 5.43. The summed E-state index contributed by atoms with van der Waals surface area (Å²) >= 11 is 5.96. The lowest BCUT2D eigenvalue weighted by atomic mass is 9.97. The molecule has 0 aromatic heterocycles. The number of hydrogen-bond donors (Lipinski definition) is 1. The van der Waals surface area contributed by atoms with Crippen molar-refractivity contribution in [2.75, 3.05) is 13.2 Å².